The standard InChI is InChI=1S/C21H25N3O3.C6H6/c1-14-13-18(9-11-23-14)17-5-3-16(4-6-17)15(2)24-12-10-19(27-21(24)26)7-8-20(22)25;1-2-4-6-5-3-1/h3-6,9,11,13,15,19H,7-8,10,12H2,1-2H3,(H2,22,25);1-6H. The van der Waals surface area contributed by atoms with Crippen molar-refractivity contribution in [3.05, 3.63) is 90.3 Å². The van der Waals surface area contributed by atoms with Crippen LogP contribution in [0.25, 0.3) is 11.1 Å². The third kappa shape index (κ3) is 7.17. The van der Waals surface area contributed by atoms with Crippen LogP contribution in [0.3, 0.4) is 0 Å². The molecule has 2 unspecified atom stereocenters. The number of hydrogen-bond acceptors (Lipinski definition) is 4. The third-order valence-corrected chi connectivity index (χ3v) is 5.66. The van der Waals surface area contributed by atoms with Crippen LogP contribution in [0.5, 0.6) is 0 Å². The smallest absolute Gasteiger partial charge is 0.410 e. The Balaban J connectivity index is 0.000000442. The Bertz CT molecular complexity index is 1010. The molecule has 2 heterocycles. The maximum Gasteiger partial charge on any atom is 0.410 e. The number of aryl methyl sites for hydroxylation is 1. The Hall–Kier alpha value is -3.67. The van der Waals surface area contributed by atoms with E-state index in [4.69, 9.17) is 10.5 Å². The van der Waals surface area contributed by atoms with Crippen molar-refractivity contribution >= 4 is 12.0 Å². The van der Waals surface area contributed by atoms with E-state index in [1.165, 1.54) is 0 Å². The predicted octanol–water partition coefficient (Wildman–Crippen LogP) is 5.28. The number of primary amides is 1. The Kier molecular flexibility index (Phi) is 8.58. The average Bonchev–Trinajstić information content (AvgIpc) is 2.84. The molecular formula is C27H31N3O3. The van der Waals surface area contributed by atoms with Gasteiger partial charge in [-0.25, -0.2) is 4.79 Å². The molecule has 1 saturated heterocycles. The van der Waals surface area contributed by atoms with E-state index in [0.29, 0.717) is 19.4 Å². The van der Waals surface area contributed by atoms with E-state index in [0.717, 1.165) is 22.4 Å². The van der Waals surface area contributed by atoms with Crippen LogP contribution < -0.4 is 5.73 Å². The summed E-state index contributed by atoms with van der Waals surface area (Å²) in [6.45, 7) is 4.57. The van der Waals surface area contributed by atoms with Gasteiger partial charge in [0.15, 0.2) is 0 Å². The number of carbonyl (C=O) groups is 2. The van der Waals surface area contributed by atoms with Crippen molar-refractivity contribution in [1.29, 1.82) is 0 Å². The van der Waals surface area contributed by atoms with Crippen LogP contribution in [0, 0.1) is 6.92 Å². The quantitative estimate of drug-likeness (QED) is 0.559. The molecule has 0 saturated carbocycles. The zero-order chi connectivity index (χ0) is 23.6. The summed E-state index contributed by atoms with van der Waals surface area (Å²) in [6, 6.07) is 24.2. The summed E-state index contributed by atoms with van der Waals surface area (Å²) >= 11 is 0. The number of ether oxygens (including phenoxy) is 1. The van der Waals surface area contributed by atoms with Crippen LogP contribution in [0.4, 0.5) is 4.79 Å². The molecule has 2 N–H and O–H groups in total. The number of benzene rings is 2. The summed E-state index contributed by atoms with van der Waals surface area (Å²) in [7, 11) is 0. The Morgan fingerprint density at radius 2 is 1.73 bits per heavy atom. The van der Waals surface area contributed by atoms with Crippen molar-refractivity contribution < 1.29 is 14.3 Å². The number of aromatic nitrogens is 1. The zero-order valence-corrected chi connectivity index (χ0v) is 19.2. The van der Waals surface area contributed by atoms with E-state index in [1.807, 2.05) is 74.5 Å². The fourth-order valence-electron chi connectivity index (χ4n) is 3.75. The molecule has 1 aliphatic rings. The Labute approximate surface area is 195 Å². The van der Waals surface area contributed by atoms with Crippen molar-refractivity contribution in [1.82, 2.24) is 9.88 Å². The minimum absolute atomic E-state index is 0.0807. The minimum Gasteiger partial charge on any atom is -0.446 e. The van der Waals surface area contributed by atoms with E-state index >= 15 is 0 Å². The van der Waals surface area contributed by atoms with Gasteiger partial charge in [0, 0.05) is 31.3 Å². The summed E-state index contributed by atoms with van der Waals surface area (Å²) in [5, 5.41) is 0. The van der Waals surface area contributed by atoms with Crippen LogP contribution in [-0.2, 0) is 9.53 Å². The SMILES string of the molecule is Cc1cc(-c2ccc(C(C)N3CCC(CCC(N)=O)OC3=O)cc2)ccn1.c1ccccc1. The van der Waals surface area contributed by atoms with Gasteiger partial charge in [-0.05, 0) is 49.1 Å². The summed E-state index contributed by atoms with van der Waals surface area (Å²) in [5.74, 6) is -0.369. The van der Waals surface area contributed by atoms with Gasteiger partial charge in [-0.2, -0.15) is 0 Å². The summed E-state index contributed by atoms with van der Waals surface area (Å²) in [4.78, 5) is 29.2. The molecule has 1 aromatic heterocycles. The first kappa shape index (κ1) is 24.0. The summed E-state index contributed by atoms with van der Waals surface area (Å²) in [5.41, 5.74) is 9.43. The van der Waals surface area contributed by atoms with Crippen molar-refractivity contribution in [3.8, 4) is 11.1 Å². The molecule has 0 aliphatic carbocycles. The van der Waals surface area contributed by atoms with E-state index in [-0.39, 0.29) is 30.6 Å². The van der Waals surface area contributed by atoms with E-state index in [2.05, 4.69) is 17.1 Å². The predicted molar refractivity (Wildman–Crippen MR) is 129 cm³/mol. The minimum atomic E-state index is -0.369. The lowest BCUT2D eigenvalue weighted by Crippen LogP contribution is -2.43. The molecule has 6 heteroatoms. The topological polar surface area (TPSA) is 85.5 Å². The van der Waals surface area contributed by atoms with Crippen molar-refractivity contribution in [2.45, 2.75) is 45.3 Å². The molecule has 1 aliphatic heterocycles. The number of nitrogens with two attached hydrogens (primary N) is 1. The molecular weight excluding hydrogens is 414 g/mol. The lowest BCUT2D eigenvalue weighted by atomic mass is 10.00. The van der Waals surface area contributed by atoms with Crippen LogP contribution >= 0.6 is 0 Å². The van der Waals surface area contributed by atoms with Gasteiger partial charge in [0.1, 0.15) is 6.10 Å². The highest BCUT2D eigenvalue weighted by atomic mass is 16.6. The molecule has 2 amide bonds. The third-order valence-electron chi connectivity index (χ3n) is 5.66. The van der Waals surface area contributed by atoms with Gasteiger partial charge in [-0.1, -0.05) is 60.7 Å². The molecule has 0 radical (unpaired) electrons. The van der Waals surface area contributed by atoms with Crippen molar-refractivity contribution in [2.24, 2.45) is 5.73 Å². The van der Waals surface area contributed by atoms with Crippen LogP contribution in [0.15, 0.2) is 79.0 Å². The molecule has 33 heavy (non-hydrogen) atoms. The van der Waals surface area contributed by atoms with Gasteiger partial charge in [0.05, 0.1) is 6.04 Å². The van der Waals surface area contributed by atoms with Gasteiger partial charge in [-0.3, -0.25) is 9.78 Å². The van der Waals surface area contributed by atoms with Gasteiger partial charge in [0.25, 0.3) is 0 Å². The normalized spacial score (nSPS) is 16.2. The number of rotatable bonds is 6. The monoisotopic (exact) mass is 445 g/mol. The lowest BCUT2D eigenvalue weighted by molar-refractivity contribution is -0.118. The molecule has 172 valence electrons. The zero-order valence-electron chi connectivity index (χ0n) is 19.2. The molecule has 4 rings (SSSR count). The molecule has 2 atom stereocenters. The van der Waals surface area contributed by atoms with E-state index < -0.39 is 0 Å². The second-order valence-corrected chi connectivity index (χ2v) is 8.13. The first-order valence-electron chi connectivity index (χ1n) is 11.2. The largest absolute Gasteiger partial charge is 0.446 e. The number of cyclic esters (lactones) is 1. The molecule has 1 fully saturated rings. The van der Waals surface area contributed by atoms with Crippen molar-refractivity contribution in [2.75, 3.05) is 6.54 Å². The number of carbonyl (C=O) groups excluding carboxylic acids is 2. The highest BCUT2D eigenvalue weighted by Gasteiger charge is 2.31. The van der Waals surface area contributed by atoms with E-state index in [9.17, 15) is 9.59 Å². The second-order valence-electron chi connectivity index (χ2n) is 8.13. The molecule has 3 aromatic rings. The summed E-state index contributed by atoms with van der Waals surface area (Å²) in [6.07, 6.45) is 2.67. The molecule has 0 bridgehead atoms. The molecule has 2 aromatic carbocycles. The first-order chi connectivity index (χ1) is 15.9. The number of nitrogens with zero attached hydrogens (tertiary/aromatic N) is 2. The maximum atomic E-state index is 12.4. The second kappa shape index (κ2) is 11.8. The van der Waals surface area contributed by atoms with Gasteiger partial charge >= 0.3 is 6.09 Å². The number of hydrogen-bond donors (Lipinski definition) is 1. The van der Waals surface area contributed by atoms with Gasteiger partial charge in [0.2, 0.25) is 5.91 Å². The average molecular weight is 446 g/mol. The number of pyridine rings is 1. The van der Waals surface area contributed by atoms with Gasteiger partial charge < -0.3 is 15.4 Å². The van der Waals surface area contributed by atoms with Crippen LogP contribution in [0.1, 0.15) is 43.5 Å². The highest BCUT2D eigenvalue weighted by Crippen LogP contribution is 2.28. The highest BCUT2D eigenvalue weighted by molar-refractivity contribution is 5.74. The maximum absolute atomic E-state index is 12.4. The first-order valence-corrected chi connectivity index (χ1v) is 11.2. The Morgan fingerprint density at radius 3 is 2.27 bits per heavy atom. The van der Waals surface area contributed by atoms with Gasteiger partial charge in [-0.15, -0.1) is 0 Å². The lowest BCUT2D eigenvalue weighted by Gasteiger charge is -2.35. The van der Waals surface area contributed by atoms with Crippen LogP contribution in [0.2, 0.25) is 0 Å². The molecule has 0 spiro atoms. The van der Waals surface area contributed by atoms with Crippen molar-refractivity contribution in [3.63, 3.8) is 0 Å². The fraction of sp³-hybridized carbons (Fsp3) is 0.296. The Morgan fingerprint density at radius 1 is 1.09 bits per heavy atom. The summed E-state index contributed by atoms with van der Waals surface area (Å²) < 4.78 is 5.47. The number of amides is 2. The van der Waals surface area contributed by atoms with E-state index in [1.54, 1.807) is 11.1 Å². The fourth-order valence-corrected chi connectivity index (χ4v) is 3.75. The van der Waals surface area contributed by atoms with Crippen LogP contribution in [-0.4, -0.2) is 34.5 Å². The molecule has 6 nitrogen and oxygen atoms in total.